The van der Waals surface area contributed by atoms with Crippen molar-refractivity contribution in [3.8, 4) is 17.8 Å². The fourth-order valence-corrected chi connectivity index (χ4v) is 3.22. The van der Waals surface area contributed by atoms with Gasteiger partial charge in [0, 0.05) is 24.7 Å². The summed E-state index contributed by atoms with van der Waals surface area (Å²) in [6.07, 6.45) is 6.66. The molecule has 0 spiro atoms. The third-order valence-corrected chi connectivity index (χ3v) is 4.90. The summed E-state index contributed by atoms with van der Waals surface area (Å²) in [6, 6.07) is 13.3. The van der Waals surface area contributed by atoms with Crippen molar-refractivity contribution in [2.24, 2.45) is 0 Å². The molecule has 8 heteroatoms. The van der Waals surface area contributed by atoms with E-state index in [1.807, 2.05) is 0 Å². The Hall–Kier alpha value is -3.64. The number of amides is 1. The fourth-order valence-electron chi connectivity index (χ4n) is 3.22. The number of carboxylic acids is 1. The summed E-state index contributed by atoms with van der Waals surface area (Å²) in [4.78, 5) is 23.6. The molecule has 1 fully saturated rings. The highest BCUT2D eigenvalue weighted by Crippen LogP contribution is 2.20. The molecule has 1 amide bonds. The van der Waals surface area contributed by atoms with Crippen LogP contribution in [0.3, 0.4) is 0 Å². The maximum absolute atomic E-state index is 12.3. The summed E-state index contributed by atoms with van der Waals surface area (Å²) >= 11 is 0. The van der Waals surface area contributed by atoms with Gasteiger partial charge in [-0.05, 0) is 50.2 Å². The largest absolute Gasteiger partial charge is 0.478 e. The Labute approximate surface area is 192 Å². The molecule has 0 aromatic heterocycles. The molecule has 1 heterocycles. The molecule has 1 saturated heterocycles. The Morgan fingerprint density at radius 3 is 2.64 bits per heavy atom. The molecule has 0 radical (unpaired) electrons. The smallest absolute Gasteiger partial charge is 0.337 e. The van der Waals surface area contributed by atoms with Crippen molar-refractivity contribution in [3.63, 3.8) is 0 Å². The molecule has 33 heavy (non-hydrogen) atoms. The molecule has 3 rings (SSSR count). The molecule has 1 atom stereocenters. The predicted molar refractivity (Wildman–Crippen MR) is 124 cm³/mol. The normalized spacial score (nSPS) is 14.8. The molecule has 8 nitrogen and oxygen atoms in total. The topological polar surface area (TPSA) is 106 Å². The van der Waals surface area contributed by atoms with Gasteiger partial charge in [-0.2, -0.15) is 0 Å². The molecule has 1 unspecified atom stereocenters. The monoisotopic (exact) mass is 450 g/mol. The van der Waals surface area contributed by atoms with Crippen LogP contribution < -0.4 is 15.4 Å². The Balaban J connectivity index is 1.62. The van der Waals surface area contributed by atoms with Gasteiger partial charge in [0.05, 0.1) is 17.4 Å². The summed E-state index contributed by atoms with van der Waals surface area (Å²) in [5.41, 5.74) is 0.855. The van der Waals surface area contributed by atoms with Gasteiger partial charge in [-0.25, -0.2) is 4.79 Å². The van der Waals surface area contributed by atoms with Crippen LogP contribution in [0.25, 0.3) is 6.08 Å². The first-order valence-corrected chi connectivity index (χ1v) is 10.5. The number of methoxy groups -OCH3 is 1. The highest BCUT2D eigenvalue weighted by atomic mass is 16.7. The van der Waals surface area contributed by atoms with Crippen LogP contribution in [0.1, 0.15) is 28.8 Å². The van der Waals surface area contributed by atoms with Crippen LogP contribution in [0, 0.1) is 12.0 Å². The number of nitrogens with one attached hydrogen (secondary N) is 2. The van der Waals surface area contributed by atoms with Gasteiger partial charge in [0.15, 0.2) is 0 Å². The van der Waals surface area contributed by atoms with Crippen LogP contribution in [-0.4, -0.2) is 49.6 Å². The Morgan fingerprint density at radius 2 is 1.88 bits per heavy atom. The van der Waals surface area contributed by atoms with E-state index in [4.69, 9.17) is 14.2 Å². The Kier molecular flexibility index (Phi) is 9.03. The predicted octanol–water partition coefficient (Wildman–Crippen LogP) is 3.12. The van der Waals surface area contributed by atoms with Crippen LogP contribution >= 0.6 is 0 Å². The second kappa shape index (κ2) is 12.4. The average molecular weight is 450 g/mol. The molecule has 2 aromatic carbocycles. The summed E-state index contributed by atoms with van der Waals surface area (Å²) in [5.74, 6) is 1.67. The van der Waals surface area contributed by atoms with Crippen molar-refractivity contribution >= 4 is 23.6 Å². The first-order valence-electron chi connectivity index (χ1n) is 10.5. The molecule has 1 aliphatic heterocycles. The molecule has 0 saturated carbocycles. The lowest BCUT2D eigenvalue weighted by molar-refractivity contribution is -0.126. The van der Waals surface area contributed by atoms with Gasteiger partial charge < -0.3 is 30.0 Å². The number of anilines is 1. The maximum Gasteiger partial charge on any atom is 0.337 e. The second-order valence-electron chi connectivity index (χ2n) is 7.21. The number of carbonyl (C=O) groups excluding carboxylic acids is 1. The van der Waals surface area contributed by atoms with Crippen molar-refractivity contribution in [1.29, 1.82) is 0 Å². The highest BCUT2D eigenvalue weighted by Gasteiger charge is 2.17. The lowest BCUT2D eigenvalue weighted by atomic mass is 10.1. The van der Waals surface area contributed by atoms with Gasteiger partial charge in [-0.15, -0.1) is 0 Å². The number of ether oxygens (including phenoxy) is 3. The van der Waals surface area contributed by atoms with Crippen LogP contribution in [-0.2, 0) is 14.3 Å². The first-order chi connectivity index (χ1) is 16.1. The van der Waals surface area contributed by atoms with E-state index in [1.54, 1.807) is 42.5 Å². The van der Waals surface area contributed by atoms with Crippen LogP contribution in [0.5, 0.6) is 5.75 Å². The SMILES string of the molecule is COC(C#COc1ccccc1/C=C/C(=O)Nc1ccccc1C(=O)O)OC1CCNCC1. The highest BCUT2D eigenvalue weighted by molar-refractivity contribution is 6.06. The van der Waals surface area contributed by atoms with Gasteiger partial charge in [0.2, 0.25) is 12.2 Å². The zero-order valence-electron chi connectivity index (χ0n) is 18.2. The molecule has 0 aliphatic carbocycles. The van der Waals surface area contributed by atoms with E-state index in [9.17, 15) is 14.7 Å². The summed E-state index contributed by atoms with van der Waals surface area (Å²) in [7, 11) is 1.53. The van der Waals surface area contributed by atoms with Crippen molar-refractivity contribution in [3.05, 3.63) is 65.7 Å². The number of rotatable bonds is 8. The Bertz CT molecular complexity index is 1050. The summed E-state index contributed by atoms with van der Waals surface area (Å²) in [5, 5.41) is 15.1. The van der Waals surface area contributed by atoms with Gasteiger partial charge in [0.25, 0.3) is 0 Å². The molecule has 2 aromatic rings. The second-order valence-corrected chi connectivity index (χ2v) is 7.21. The number of hydrogen-bond donors (Lipinski definition) is 3. The van der Waals surface area contributed by atoms with Gasteiger partial charge in [-0.3, -0.25) is 4.79 Å². The minimum Gasteiger partial charge on any atom is -0.478 e. The maximum atomic E-state index is 12.3. The zero-order valence-corrected chi connectivity index (χ0v) is 18.2. The first kappa shape index (κ1) is 24.0. The molecular weight excluding hydrogens is 424 g/mol. The van der Waals surface area contributed by atoms with E-state index >= 15 is 0 Å². The number of piperidine rings is 1. The van der Waals surface area contributed by atoms with E-state index < -0.39 is 18.2 Å². The van der Waals surface area contributed by atoms with Crippen molar-refractivity contribution in [2.75, 3.05) is 25.5 Å². The van der Waals surface area contributed by atoms with Gasteiger partial charge in [-0.1, -0.05) is 30.3 Å². The Morgan fingerprint density at radius 1 is 1.15 bits per heavy atom. The van der Waals surface area contributed by atoms with Gasteiger partial charge in [0.1, 0.15) is 11.9 Å². The number of para-hydroxylation sites is 2. The van der Waals surface area contributed by atoms with Crippen LogP contribution in [0.4, 0.5) is 5.69 Å². The third kappa shape index (κ3) is 7.47. The molecular formula is C25H26N2O6. The van der Waals surface area contributed by atoms with Crippen molar-refractivity contribution < 1.29 is 28.9 Å². The number of hydrogen-bond acceptors (Lipinski definition) is 6. The van der Waals surface area contributed by atoms with Crippen LogP contribution in [0.2, 0.25) is 0 Å². The van der Waals surface area contributed by atoms with Gasteiger partial charge >= 0.3 is 5.97 Å². The minimum atomic E-state index is -1.12. The third-order valence-electron chi connectivity index (χ3n) is 4.90. The average Bonchev–Trinajstić information content (AvgIpc) is 2.83. The quantitative estimate of drug-likeness (QED) is 0.322. The number of carbonyl (C=O) groups is 2. The van der Waals surface area contributed by atoms with Crippen molar-refractivity contribution in [1.82, 2.24) is 5.32 Å². The number of aromatic carboxylic acids is 1. The number of carboxylic acid groups (broad SMARTS) is 1. The van der Waals surface area contributed by atoms with Crippen molar-refractivity contribution in [2.45, 2.75) is 25.2 Å². The van der Waals surface area contributed by atoms with E-state index in [-0.39, 0.29) is 17.4 Å². The van der Waals surface area contributed by atoms with E-state index in [0.717, 1.165) is 25.9 Å². The van der Waals surface area contributed by atoms with E-state index in [2.05, 4.69) is 22.7 Å². The van der Waals surface area contributed by atoms with Crippen LogP contribution in [0.15, 0.2) is 54.6 Å². The lowest BCUT2D eigenvalue weighted by Crippen LogP contribution is -2.35. The fraction of sp³-hybridized carbons (Fsp3) is 0.280. The molecule has 1 aliphatic rings. The summed E-state index contributed by atoms with van der Waals surface area (Å²) < 4.78 is 16.7. The minimum absolute atomic E-state index is 0.0117. The molecule has 3 N–H and O–H groups in total. The molecule has 172 valence electrons. The van der Waals surface area contributed by atoms with E-state index in [1.165, 1.54) is 25.3 Å². The summed E-state index contributed by atoms with van der Waals surface area (Å²) in [6.45, 7) is 1.81. The standard InChI is InChI=1S/C25H26N2O6/c1-31-24(33-19-12-15-26-16-13-19)14-17-32-22-9-5-2-6-18(22)10-11-23(28)27-21-8-4-3-7-20(21)25(29)30/h2-11,19,24,26H,12-13,15-16H2,1H3,(H,27,28)(H,29,30)/b11-10+. The molecule has 0 bridgehead atoms. The zero-order chi connectivity index (χ0) is 23.5. The lowest BCUT2D eigenvalue weighted by Gasteiger charge is -2.24. The van der Waals surface area contributed by atoms with E-state index in [0.29, 0.717) is 11.3 Å². The number of benzene rings is 2.